The number of oxazole rings is 1. The van der Waals surface area contributed by atoms with Crippen LogP contribution in [0.1, 0.15) is 0 Å². The second-order valence-electron chi connectivity index (χ2n) is 1.40. The fourth-order valence-electron chi connectivity index (χ4n) is 0.232. The van der Waals surface area contributed by atoms with Gasteiger partial charge in [0.05, 0.1) is 5.75 Å². The van der Waals surface area contributed by atoms with Gasteiger partial charge < -0.3 is 9.52 Å². The third-order valence-corrected chi connectivity index (χ3v) is 0.850. The van der Waals surface area contributed by atoms with Crippen molar-refractivity contribution < 1.29 is 14.3 Å². The Morgan fingerprint density at radius 1 is 1.82 bits per heavy atom. The summed E-state index contributed by atoms with van der Waals surface area (Å²) in [5.74, 6) is -1.37. The lowest BCUT2D eigenvalue weighted by atomic mass is 10.8. The molecule has 1 rings (SSSR count). The summed E-state index contributed by atoms with van der Waals surface area (Å²) in [5, 5.41) is 7.65. The van der Waals surface area contributed by atoms with Crippen molar-refractivity contribution in [3.8, 4) is 0 Å². The van der Waals surface area contributed by atoms with E-state index in [0.717, 1.165) is 0 Å². The van der Waals surface area contributed by atoms with Crippen molar-refractivity contribution in [3.63, 3.8) is 0 Å². The molecule has 0 aromatic carbocycles. The molecule has 11 heavy (non-hydrogen) atoms. The van der Waals surface area contributed by atoms with Crippen LogP contribution in [0.4, 0.5) is 0 Å². The normalized spacial score (nSPS) is 8.09. The van der Waals surface area contributed by atoms with E-state index in [2.05, 4.69) is 22.0 Å². The number of carboxylic acids is 1. The van der Waals surface area contributed by atoms with Crippen molar-refractivity contribution in [3.05, 3.63) is 23.0 Å². The first-order chi connectivity index (χ1) is 5.16. The molecule has 0 aliphatic heterocycles. The van der Waals surface area contributed by atoms with Gasteiger partial charge in [0.15, 0.2) is 0 Å². The Morgan fingerprint density at radius 2 is 2.36 bits per heavy atom. The zero-order chi connectivity index (χ0) is 8.69. The van der Waals surface area contributed by atoms with Gasteiger partial charge in [-0.2, -0.15) is 12.6 Å². The maximum absolute atomic E-state index is 9.85. The largest absolute Gasteiger partial charge is 0.481 e. The Labute approximate surface area is 67.5 Å². The SMILES string of the molecule is O=C(O)CS.O=c1[nH]cco1. The lowest BCUT2D eigenvalue weighted by Gasteiger charge is -1.71. The highest BCUT2D eigenvalue weighted by molar-refractivity contribution is 7.81. The van der Waals surface area contributed by atoms with Gasteiger partial charge in [-0.05, 0) is 0 Å². The summed E-state index contributed by atoms with van der Waals surface area (Å²) >= 11 is 3.42. The van der Waals surface area contributed by atoms with Crippen LogP contribution in [0.2, 0.25) is 0 Å². The van der Waals surface area contributed by atoms with Crippen LogP contribution in [-0.4, -0.2) is 21.8 Å². The van der Waals surface area contributed by atoms with Gasteiger partial charge in [0.2, 0.25) is 0 Å². The van der Waals surface area contributed by atoms with E-state index in [1.807, 2.05) is 0 Å². The highest BCUT2D eigenvalue weighted by Crippen LogP contribution is 1.66. The topological polar surface area (TPSA) is 83.3 Å². The van der Waals surface area contributed by atoms with Gasteiger partial charge >= 0.3 is 11.7 Å². The van der Waals surface area contributed by atoms with E-state index in [1.165, 1.54) is 12.5 Å². The standard InChI is InChI=1S/C3H3NO2.C2H4O2S/c5-3-4-1-2-6-3;3-2(4)1-5/h1-2H,(H,4,5);5H,1H2,(H,3,4). The number of nitrogens with one attached hydrogen (secondary N) is 1. The Morgan fingerprint density at radius 3 is 2.45 bits per heavy atom. The average molecular weight is 177 g/mol. The van der Waals surface area contributed by atoms with Crippen molar-refractivity contribution in [2.75, 3.05) is 5.75 Å². The van der Waals surface area contributed by atoms with Crippen LogP contribution in [0.25, 0.3) is 0 Å². The average Bonchev–Trinajstić information content (AvgIpc) is 2.41. The molecule has 1 heterocycles. The molecule has 0 bridgehead atoms. The molecule has 1 aromatic heterocycles. The van der Waals surface area contributed by atoms with Gasteiger partial charge in [0, 0.05) is 6.20 Å². The number of H-pyrrole nitrogens is 1. The van der Waals surface area contributed by atoms with E-state index in [-0.39, 0.29) is 5.75 Å². The van der Waals surface area contributed by atoms with Gasteiger partial charge in [0.1, 0.15) is 6.26 Å². The number of aromatic nitrogens is 1. The van der Waals surface area contributed by atoms with Crippen molar-refractivity contribution in [2.24, 2.45) is 0 Å². The van der Waals surface area contributed by atoms with Gasteiger partial charge in [-0.15, -0.1) is 0 Å². The number of hydrogen-bond acceptors (Lipinski definition) is 4. The fourth-order valence-corrected chi connectivity index (χ4v) is 0.232. The van der Waals surface area contributed by atoms with Gasteiger partial charge in [-0.1, -0.05) is 0 Å². The zero-order valence-electron chi connectivity index (χ0n) is 5.48. The molecule has 0 saturated heterocycles. The van der Waals surface area contributed by atoms with Crippen molar-refractivity contribution in [1.82, 2.24) is 4.98 Å². The molecule has 6 heteroatoms. The van der Waals surface area contributed by atoms with Crippen LogP contribution >= 0.6 is 12.6 Å². The van der Waals surface area contributed by atoms with Crippen molar-refractivity contribution >= 4 is 18.6 Å². The minimum Gasteiger partial charge on any atom is -0.481 e. The molecule has 1 aromatic rings. The molecule has 0 unspecified atom stereocenters. The maximum atomic E-state index is 9.85. The predicted octanol–water partition coefficient (Wildman–Crippen LogP) is -0.0313. The minimum atomic E-state index is -0.881. The number of thiol groups is 1. The molecule has 0 amide bonds. The minimum absolute atomic E-state index is 0.0833. The lowest BCUT2D eigenvalue weighted by molar-refractivity contribution is -0.133. The smallest absolute Gasteiger partial charge is 0.416 e. The van der Waals surface area contributed by atoms with Crippen LogP contribution < -0.4 is 5.76 Å². The van der Waals surface area contributed by atoms with E-state index in [0.29, 0.717) is 0 Å². The number of carbonyl (C=O) groups is 1. The van der Waals surface area contributed by atoms with Gasteiger partial charge in [-0.3, -0.25) is 9.78 Å². The molecule has 0 aliphatic carbocycles. The quantitative estimate of drug-likeness (QED) is 0.526. The third kappa shape index (κ3) is 6.72. The first-order valence-corrected chi connectivity index (χ1v) is 3.25. The second-order valence-corrected chi connectivity index (χ2v) is 1.72. The van der Waals surface area contributed by atoms with Crippen LogP contribution in [0.15, 0.2) is 21.7 Å². The maximum Gasteiger partial charge on any atom is 0.416 e. The molecule has 0 radical (unpaired) electrons. The van der Waals surface area contributed by atoms with E-state index in [9.17, 15) is 9.59 Å². The predicted molar refractivity (Wildman–Crippen MR) is 40.8 cm³/mol. The van der Waals surface area contributed by atoms with Crippen LogP contribution in [0.3, 0.4) is 0 Å². The van der Waals surface area contributed by atoms with Gasteiger partial charge in [0.25, 0.3) is 0 Å². The molecular formula is C5H7NO4S. The van der Waals surface area contributed by atoms with Gasteiger partial charge in [-0.25, -0.2) is 4.79 Å². The molecule has 5 nitrogen and oxygen atoms in total. The van der Waals surface area contributed by atoms with Crippen LogP contribution in [-0.2, 0) is 4.79 Å². The summed E-state index contributed by atoms with van der Waals surface area (Å²) in [6.45, 7) is 0. The monoisotopic (exact) mass is 177 g/mol. The highest BCUT2D eigenvalue weighted by Gasteiger charge is 1.81. The fraction of sp³-hybridized carbons (Fsp3) is 0.200. The van der Waals surface area contributed by atoms with E-state index >= 15 is 0 Å². The molecule has 0 spiro atoms. The molecule has 2 N–H and O–H groups in total. The molecule has 0 saturated carbocycles. The van der Waals surface area contributed by atoms with Crippen molar-refractivity contribution in [1.29, 1.82) is 0 Å². The Bertz CT molecular complexity index is 236. The van der Waals surface area contributed by atoms with E-state index < -0.39 is 11.7 Å². The Hall–Kier alpha value is -1.17. The number of aliphatic carboxylic acids is 1. The summed E-state index contributed by atoms with van der Waals surface area (Å²) in [7, 11) is 0. The first-order valence-electron chi connectivity index (χ1n) is 2.61. The van der Waals surface area contributed by atoms with E-state index in [4.69, 9.17) is 5.11 Å². The molecular weight excluding hydrogens is 170 g/mol. The lowest BCUT2D eigenvalue weighted by Crippen LogP contribution is -1.92. The summed E-state index contributed by atoms with van der Waals surface area (Å²) in [4.78, 5) is 21.4. The van der Waals surface area contributed by atoms with Crippen LogP contribution in [0, 0.1) is 0 Å². The first kappa shape index (κ1) is 9.83. The number of rotatable bonds is 1. The third-order valence-electron chi connectivity index (χ3n) is 0.580. The van der Waals surface area contributed by atoms with Crippen molar-refractivity contribution in [2.45, 2.75) is 0 Å². The van der Waals surface area contributed by atoms with E-state index in [1.54, 1.807) is 0 Å². The summed E-state index contributed by atoms with van der Waals surface area (Å²) in [5.41, 5.74) is 0. The summed E-state index contributed by atoms with van der Waals surface area (Å²) < 4.78 is 4.22. The number of hydrogen-bond donors (Lipinski definition) is 3. The zero-order valence-corrected chi connectivity index (χ0v) is 6.38. The highest BCUT2D eigenvalue weighted by atomic mass is 32.1. The number of aromatic amines is 1. The molecule has 0 atom stereocenters. The number of carboxylic acid groups (broad SMARTS) is 1. The molecule has 62 valence electrons. The second kappa shape index (κ2) is 5.60. The van der Waals surface area contributed by atoms with Crippen LogP contribution in [0.5, 0.6) is 0 Å². The molecule has 0 fully saturated rings. The summed E-state index contributed by atoms with van der Waals surface area (Å²) in [6.07, 6.45) is 2.73. The Kier molecular flexibility index (Phi) is 5.01. The summed E-state index contributed by atoms with van der Waals surface area (Å²) in [6, 6.07) is 0. The molecule has 0 aliphatic rings. The Balaban J connectivity index is 0.000000187.